The normalized spacial score (nSPS) is 16.1. The van der Waals surface area contributed by atoms with Crippen LogP contribution in [0.3, 0.4) is 0 Å². The molecule has 0 unspecified atom stereocenters. The van der Waals surface area contributed by atoms with E-state index >= 15 is 0 Å². The molecule has 0 spiro atoms. The van der Waals surface area contributed by atoms with Gasteiger partial charge in [0, 0.05) is 24.7 Å². The van der Waals surface area contributed by atoms with E-state index in [1.54, 1.807) is 4.90 Å². The average Bonchev–Trinajstić information content (AvgIpc) is 3.72. The van der Waals surface area contributed by atoms with Gasteiger partial charge in [-0.05, 0) is 105 Å². The lowest BCUT2D eigenvalue weighted by Crippen LogP contribution is -2.33. The minimum absolute atomic E-state index is 0.0318. The Balaban J connectivity index is 1.23. The quantitative estimate of drug-likeness (QED) is 0.197. The standard InChI is InChI=1S/C39H47NO4/c1-28(2)34-25-35(29(3)23-36(34)43-27-31-13-6-5-7-14-31)37(41)40(4)26-32-16-12-15-30(24-32)19-22-39(20-10-11-21-39)38(42)44-33-17-8-9-18-33/h5-7,12-16,23-25,33H,1,8-11,17-22,26-27H2,2-4H3. The van der Waals surface area contributed by atoms with Gasteiger partial charge < -0.3 is 14.4 Å². The van der Waals surface area contributed by atoms with E-state index in [1.807, 2.05) is 63.4 Å². The number of carbonyl (C=O) groups excluding carboxylic acids is 2. The zero-order valence-corrected chi connectivity index (χ0v) is 26.7. The van der Waals surface area contributed by atoms with Crippen LogP contribution in [0.5, 0.6) is 5.75 Å². The molecular weight excluding hydrogens is 546 g/mol. The van der Waals surface area contributed by atoms with Crippen molar-refractivity contribution in [3.05, 3.63) is 107 Å². The zero-order chi connectivity index (χ0) is 31.1. The van der Waals surface area contributed by atoms with Crippen LogP contribution in [0.4, 0.5) is 0 Å². The van der Waals surface area contributed by atoms with Gasteiger partial charge in [0.05, 0.1) is 5.41 Å². The third-order valence-corrected chi connectivity index (χ3v) is 9.47. The summed E-state index contributed by atoms with van der Waals surface area (Å²) in [7, 11) is 1.85. The Morgan fingerprint density at radius 2 is 1.57 bits per heavy atom. The summed E-state index contributed by atoms with van der Waals surface area (Å²) in [5.74, 6) is 0.729. The van der Waals surface area contributed by atoms with E-state index in [0.29, 0.717) is 18.7 Å². The molecule has 0 aliphatic heterocycles. The molecule has 3 aromatic rings. The average molecular weight is 594 g/mol. The number of allylic oxidation sites excluding steroid dienone is 1. The molecule has 0 bridgehead atoms. The van der Waals surface area contributed by atoms with Gasteiger partial charge in [-0.2, -0.15) is 0 Å². The molecule has 0 radical (unpaired) electrons. The fourth-order valence-electron chi connectivity index (χ4n) is 6.81. The van der Waals surface area contributed by atoms with Crippen molar-refractivity contribution in [1.82, 2.24) is 4.90 Å². The van der Waals surface area contributed by atoms with E-state index in [1.165, 1.54) is 5.56 Å². The number of amides is 1. The van der Waals surface area contributed by atoms with Crippen LogP contribution in [0.15, 0.2) is 73.3 Å². The molecule has 0 N–H and O–H groups in total. The molecule has 44 heavy (non-hydrogen) atoms. The van der Waals surface area contributed by atoms with Gasteiger partial charge in [0.15, 0.2) is 0 Å². The number of rotatable bonds is 12. The van der Waals surface area contributed by atoms with Gasteiger partial charge in [-0.1, -0.05) is 74.0 Å². The van der Waals surface area contributed by atoms with Crippen molar-refractivity contribution >= 4 is 17.4 Å². The predicted octanol–water partition coefficient (Wildman–Crippen LogP) is 8.86. The first-order chi connectivity index (χ1) is 21.2. The van der Waals surface area contributed by atoms with E-state index in [0.717, 1.165) is 97.8 Å². The Kier molecular flexibility index (Phi) is 10.2. The van der Waals surface area contributed by atoms with E-state index in [9.17, 15) is 9.59 Å². The summed E-state index contributed by atoms with van der Waals surface area (Å²) in [6.45, 7) is 8.99. The van der Waals surface area contributed by atoms with E-state index < -0.39 is 0 Å². The molecule has 0 atom stereocenters. The Bertz CT molecular complexity index is 1460. The number of aryl methyl sites for hydroxylation is 2. The van der Waals surface area contributed by atoms with E-state index in [-0.39, 0.29) is 23.4 Å². The molecule has 232 valence electrons. The SMILES string of the molecule is C=C(C)c1cc(C(=O)N(C)Cc2cccc(CCC3(C(=O)OC4CCCC4)CCCC3)c2)c(C)cc1OCc1ccccc1. The summed E-state index contributed by atoms with van der Waals surface area (Å²) in [4.78, 5) is 28.8. The summed E-state index contributed by atoms with van der Waals surface area (Å²) in [6, 6.07) is 22.4. The van der Waals surface area contributed by atoms with E-state index in [4.69, 9.17) is 9.47 Å². The molecule has 5 rings (SSSR count). The van der Waals surface area contributed by atoms with Gasteiger partial charge in [0.25, 0.3) is 5.91 Å². The highest BCUT2D eigenvalue weighted by Crippen LogP contribution is 2.44. The Morgan fingerprint density at radius 3 is 2.27 bits per heavy atom. The van der Waals surface area contributed by atoms with Gasteiger partial charge in [-0.15, -0.1) is 0 Å². The fourth-order valence-corrected chi connectivity index (χ4v) is 6.81. The smallest absolute Gasteiger partial charge is 0.312 e. The maximum absolute atomic E-state index is 13.7. The van der Waals surface area contributed by atoms with Gasteiger partial charge in [0.2, 0.25) is 0 Å². The second-order valence-corrected chi connectivity index (χ2v) is 13.0. The monoisotopic (exact) mass is 593 g/mol. The molecule has 1 amide bonds. The molecule has 5 heteroatoms. The van der Waals surface area contributed by atoms with Crippen molar-refractivity contribution in [3.8, 4) is 5.75 Å². The first-order valence-electron chi connectivity index (χ1n) is 16.3. The largest absolute Gasteiger partial charge is 0.488 e. The molecule has 2 saturated carbocycles. The molecule has 2 aliphatic carbocycles. The highest BCUT2D eigenvalue weighted by atomic mass is 16.5. The van der Waals surface area contributed by atoms with Crippen molar-refractivity contribution in [2.45, 2.75) is 97.3 Å². The minimum atomic E-state index is -0.346. The van der Waals surface area contributed by atoms with Crippen LogP contribution in [0.1, 0.15) is 103 Å². The first-order valence-corrected chi connectivity index (χ1v) is 16.3. The topological polar surface area (TPSA) is 55.8 Å². The van der Waals surface area contributed by atoms with Crippen LogP contribution >= 0.6 is 0 Å². The Labute approximate surface area is 263 Å². The van der Waals surface area contributed by atoms with Crippen molar-refractivity contribution < 1.29 is 19.1 Å². The van der Waals surface area contributed by atoms with Crippen LogP contribution in [0, 0.1) is 12.3 Å². The molecule has 0 heterocycles. The summed E-state index contributed by atoms with van der Waals surface area (Å²) < 4.78 is 12.2. The van der Waals surface area contributed by atoms with Crippen LogP contribution in [0.2, 0.25) is 0 Å². The van der Waals surface area contributed by atoms with Gasteiger partial charge in [-0.3, -0.25) is 9.59 Å². The van der Waals surface area contributed by atoms with Gasteiger partial charge >= 0.3 is 5.97 Å². The molecule has 0 saturated heterocycles. The number of esters is 1. The van der Waals surface area contributed by atoms with Crippen molar-refractivity contribution in [2.75, 3.05) is 7.05 Å². The fraction of sp³-hybridized carbons (Fsp3) is 0.436. The van der Waals surface area contributed by atoms with Crippen LogP contribution in [0.25, 0.3) is 5.57 Å². The summed E-state index contributed by atoms with van der Waals surface area (Å²) in [5.41, 5.74) is 6.23. The third kappa shape index (κ3) is 7.61. The number of ether oxygens (including phenoxy) is 2. The minimum Gasteiger partial charge on any atom is -0.488 e. The number of hydrogen-bond acceptors (Lipinski definition) is 4. The molecule has 5 nitrogen and oxygen atoms in total. The number of hydrogen-bond donors (Lipinski definition) is 0. The second-order valence-electron chi connectivity index (χ2n) is 13.0. The van der Waals surface area contributed by atoms with Crippen molar-refractivity contribution in [1.29, 1.82) is 0 Å². The first kappa shape index (κ1) is 31.6. The van der Waals surface area contributed by atoms with Gasteiger partial charge in [-0.25, -0.2) is 0 Å². The maximum Gasteiger partial charge on any atom is 0.312 e. The van der Waals surface area contributed by atoms with Gasteiger partial charge in [0.1, 0.15) is 18.5 Å². The number of carbonyl (C=O) groups is 2. The summed E-state index contributed by atoms with van der Waals surface area (Å²) in [5, 5.41) is 0. The van der Waals surface area contributed by atoms with Crippen molar-refractivity contribution in [2.24, 2.45) is 5.41 Å². The molecule has 2 aliphatic rings. The Morgan fingerprint density at radius 1 is 0.886 bits per heavy atom. The summed E-state index contributed by atoms with van der Waals surface area (Å²) >= 11 is 0. The highest BCUT2D eigenvalue weighted by Gasteiger charge is 2.43. The predicted molar refractivity (Wildman–Crippen MR) is 176 cm³/mol. The van der Waals surface area contributed by atoms with E-state index in [2.05, 4.69) is 30.8 Å². The van der Waals surface area contributed by atoms with Crippen LogP contribution in [-0.4, -0.2) is 29.9 Å². The molecule has 3 aromatic carbocycles. The lowest BCUT2D eigenvalue weighted by atomic mass is 9.80. The molecule has 0 aromatic heterocycles. The van der Waals surface area contributed by atoms with Crippen molar-refractivity contribution in [3.63, 3.8) is 0 Å². The zero-order valence-electron chi connectivity index (χ0n) is 26.7. The third-order valence-electron chi connectivity index (χ3n) is 9.47. The lowest BCUT2D eigenvalue weighted by Gasteiger charge is -2.28. The number of benzene rings is 3. The summed E-state index contributed by atoms with van der Waals surface area (Å²) in [6.07, 6.45) is 10.2. The Hall–Kier alpha value is -3.86. The number of nitrogens with zero attached hydrogens (tertiary/aromatic N) is 1. The van der Waals surface area contributed by atoms with Crippen LogP contribution in [-0.2, 0) is 29.1 Å². The maximum atomic E-state index is 13.7. The highest BCUT2D eigenvalue weighted by molar-refractivity contribution is 5.97. The lowest BCUT2D eigenvalue weighted by molar-refractivity contribution is -0.161. The molecule has 2 fully saturated rings. The second kappa shape index (κ2) is 14.3. The van der Waals surface area contributed by atoms with Crippen LogP contribution < -0.4 is 4.74 Å². The molecular formula is C39H47NO4.